The number of nitrogens with zero attached hydrogens (tertiary/aromatic N) is 5. The van der Waals surface area contributed by atoms with Gasteiger partial charge in [-0.25, -0.2) is 14.5 Å². The van der Waals surface area contributed by atoms with E-state index in [-0.39, 0.29) is 29.4 Å². The van der Waals surface area contributed by atoms with Crippen molar-refractivity contribution in [3.63, 3.8) is 0 Å². The van der Waals surface area contributed by atoms with Gasteiger partial charge in [0, 0.05) is 48.5 Å². The lowest BCUT2D eigenvalue weighted by Gasteiger charge is -2.27. The van der Waals surface area contributed by atoms with Gasteiger partial charge in [0.25, 0.3) is 5.91 Å². The Kier molecular flexibility index (Phi) is 5.91. The van der Waals surface area contributed by atoms with Crippen molar-refractivity contribution in [3.8, 4) is 5.75 Å². The molecule has 34 heavy (non-hydrogen) atoms. The van der Waals surface area contributed by atoms with Crippen LogP contribution in [0.1, 0.15) is 36.2 Å². The predicted molar refractivity (Wildman–Crippen MR) is 128 cm³/mol. The van der Waals surface area contributed by atoms with E-state index in [0.29, 0.717) is 28.7 Å². The standard InChI is InChI=1S/C23H25N9O2/c24-14-1-3-15(4-2-14)28-21-12-18(30-20-11-17(33)7-10-26-20)22-27-13-19(32(22)31-21)23(34)29-16-5-8-25-9-6-16/h5-15H,1-4,24H2,(H,28,31)(H,25,29,34)(H2,26,30,33)/t14-,15-. The molecule has 1 aliphatic rings. The molecule has 0 unspecified atom stereocenters. The number of aromatic nitrogens is 5. The third-order valence-electron chi connectivity index (χ3n) is 5.77. The van der Waals surface area contributed by atoms with Crippen molar-refractivity contribution in [2.45, 2.75) is 37.8 Å². The lowest BCUT2D eigenvalue weighted by Crippen LogP contribution is -2.33. The molecule has 0 aromatic carbocycles. The fraction of sp³-hybridized carbons (Fsp3) is 0.261. The largest absolute Gasteiger partial charge is 0.508 e. The van der Waals surface area contributed by atoms with E-state index in [0.717, 1.165) is 25.7 Å². The van der Waals surface area contributed by atoms with E-state index in [1.54, 1.807) is 24.5 Å². The second-order valence-corrected chi connectivity index (χ2v) is 8.29. The Labute approximate surface area is 195 Å². The van der Waals surface area contributed by atoms with Crippen LogP contribution in [-0.2, 0) is 0 Å². The zero-order chi connectivity index (χ0) is 23.5. The van der Waals surface area contributed by atoms with Crippen molar-refractivity contribution in [3.05, 3.63) is 60.8 Å². The molecule has 5 rings (SSSR count). The Morgan fingerprint density at radius 3 is 2.59 bits per heavy atom. The molecule has 1 fully saturated rings. The van der Waals surface area contributed by atoms with Gasteiger partial charge in [0.05, 0.1) is 11.9 Å². The van der Waals surface area contributed by atoms with E-state index in [4.69, 9.17) is 5.73 Å². The van der Waals surface area contributed by atoms with Gasteiger partial charge in [-0.05, 0) is 43.9 Å². The molecule has 0 bridgehead atoms. The molecule has 11 heteroatoms. The van der Waals surface area contributed by atoms with Gasteiger partial charge in [0.15, 0.2) is 11.3 Å². The van der Waals surface area contributed by atoms with Gasteiger partial charge in [-0.15, -0.1) is 5.10 Å². The van der Waals surface area contributed by atoms with Crippen LogP contribution in [0, 0.1) is 0 Å². The van der Waals surface area contributed by atoms with Crippen LogP contribution in [0.5, 0.6) is 5.75 Å². The first-order valence-corrected chi connectivity index (χ1v) is 11.1. The van der Waals surface area contributed by atoms with Crippen LogP contribution < -0.4 is 21.7 Å². The van der Waals surface area contributed by atoms with Gasteiger partial charge in [-0.2, -0.15) is 0 Å². The molecule has 4 aromatic heterocycles. The van der Waals surface area contributed by atoms with Gasteiger partial charge in [-0.3, -0.25) is 9.78 Å². The van der Waals surface area contributed by atoms with Crippen molar-refractivity contribution in [2.75, 3.05) is 16.0 Å². The molecule has 4 heterocycles. The van der Waals surface area contributed by atoms with Crippen molar-refractivity contribution >= 4 is 34.6 Å². The molecule has 0 atom stereocenters. The fourth-order valence-corrected chi connectivity index (χ4v) is 4.01. The number of aromatic hydroxyl groups is 1. The van der Waals surface area contributed by atoms with Gasteiger partial charge in [-0.1, -0.05) is 0 Å². The molecule has 4 aromatic rings. The van der Waals surface area contributed by atoms with Gasteiger partial charge in [0.2, 0.25) is 0 Å². The van der Waals surface area contributed by atoms with Crippen LogP contribution in [-0.4, -0.2) is 47.7 Å². The second-order valence-electron chi connectivity index (χ2n) is 8.29. The van der Waals surface area contributed by atoms with Crippen molar-refractivity contribution < 1.29 is 9.90 Å². The first-order chi connectivity index (χ1) is 16.5. The van der Waals surface area contributed by atoms with Crippen LogP contribution >= 0.6 is 0 Å². The molecule has 1 amide bonds. The Hall–Kier alpha value is -4.25. The molecule has 1 aliphatic carbocycles. The van der Waals surface area contributed by atoms with E-state index in [9.17, 15) is 9.90 Å². The third kappa shape index (κ3) is 4.74. The van der Waals surface area contributed by atoms with Crippen LogP contribution in [0.3, 0.4) is 0 Å². The van der Waals surface area contributed by atoms with E-state index in [2.05, 4.69) is 36.0 Å². The number of nitrogens with two attached hydrogens (primary N) is 1. The number of hydrogen-bond acceptors (Lipinski definition) is 9. The summed E-state index contributed by atoms with van der Waals surface area (Å²) >= 11 is 0. The SMILES string of the molecule is N[C@H]1CC[C@H](Nc2cc(Nc3cc(O)ccn3)c3ncc(C(=O)Nc4ccncc4)n3n2)CC1. The highest BCUT2D eigenvalue weighted by Crippen LogP contribution is 2.27. The number of amides is 1. The Morgan fingerprint density at radius 1 is 1.03 bits per heavy atom. The normalized spacial score (nSPS) is 17.9. The zero-order valence-electron chi connectivity index (χ0n) is 18.3. The van der Waals surface area contributed by atoms with E-state index >= 15 is 0 Å². The maximum absolute atomic E-state index is 13.0. The smallest absolute Gasteiger partial charge is 0.276 e. The highest BCUT2D eigenvalue weighted by atomic mass is 16.3. The summed E-state index contributed by atoms with van der Waals surface area (Å²) in [5, 5.41) is 24.0. The summed E-state index contributed by atoms with van der Waals surface area (Å²) in [5.74, 6) is 0.758. The highest BCUT2D eigenvalue weighted by Gasteiger charge is 2.21. The summed E-state index contributed by atoms with van der Waals surface area (Å²) in [6, 6.07) is 8.70. The Morgan fingerprint density at radius 2 is 1.82 bits per heavy atom. The minimum atomic E-state index is -0.353. The number of carbonyl (C=O) groups is 1. The molecule has 174 valence electrons. The number of rotatable bonds is 6. The average Bonchev–Trinajstić information content (AvgIpc) is 3.26. The lowest BCUT2D eigenvalue weighted by atomic mass is 9.92. The number of fused-ring (bicyclic) bond motifs is 1. The number of hydrogen-bond donors (Lipinski definition) is 5. The maximum Gasteiger partial charge on any atom is 0.276 e. The quantitative estimate of drug-likeness (QED) is 0.292. The molecule has 0 radical (unpaired) electrons. The lowest BCUT2D eigenvalue weighted by molar-refractivity contribution is 0.102. The number of imidazole rings is 1. The van der Waals surface area contributed by atoms with Crippen LogP contribution in [0.15, 0.2) is 55.1 Å². The Bertz CT molecular complexity index is 1300. The second kappa shape index (κ2) is 9.32. The van der Waals surface area contributed by atoms with Gasteiger partial charge in [0.1, 0.15) is 17.4 Å². The van der Waals surface area contributed by atoms with Crippen molar-refractivity contribution in [2.24, 2.45) is 5.73 Å². The summed E-state index contributed by atoms with van der Waals surface area (Å²) in [6.45, 7) is 0. The van der Waals surface area contributed by atoms with E-state index in [1.165, 1.54) is 29.0 Å². The summed E-state index contributed by atoms with van der Waals surface area (Å²) in [7, 11) is 0. The molecule has 0 spiro atoms. The number of nitrogens with one attached hydrogen (secondary N) is 3. The molecule has 1 saturated carbocycles. The molecule has 11 nitrogen and oxygen atoms in total. The minimum absolute atomic E-state index is 0.0835. The Balaban J connectivity index is 1.50. The van der Waals surface area contributed by atoms with Gasteiger partial charge >= 0.3 is 0 Å². The molecular weight excluding hydrogens is 434 g/mol. The predicted octanol–water partition coefficient (Wildman–Crippen LogP) is 2.90. The summed E-state index contributed by atoms with van der Waals surface area (Å²) < 4.78 is 1.50. The number of pyridine rings is 2. The summed E-state index contributed by atoms with van der Waals surface area (Å²) in [5.41, 5.74) is 7.97. The molecule has 6 N–H and O–H groups in total. The monoisotopic (exact) mass is 459 g/mol. The number of carbonyl (C=O) groups excluding carboxylic acids is 1. The fourth-order valence-electron chi connectivity index (χ4n) is 4.01. The van der Waals surface area contributed by atoms with Gasteiger partial charge < -0.3 is 26.8 Å². The summed E-state index contributed by atoms with van der Waals surface area (Å²) in [4.78, 5) is 25.6. The summed E-state index contributed by atoms with van der Waals surface area (Å²) in [6.07, 6.45) is 9.96. The topological polar surface area (TPSA) is 155 Å². The molecular formula is C23H25N9O2. The van der Waals surface area contributed by atoms with E-state index < -0.39 is 0 Å². The first-order valence-electron chi connectivity index (χ1n) is 11.1. The van der Waals surface area contributed by atoms with E-state index in [1.807, 2.05) is 6.07 Å². The molecule has 0 aliphatic heterocycles. The van der Waals surface area contributed by atoms with Crippen molar-refractivity contribution in [1.29, 1.82) is 0 Å². The first kappa shape index (κ1) is 21.6. The van der Waals surface area contributed by atoms with Crippen molar-refractivity contribution in [1.82, 2.24) is 24.6 Å². The average molecular weight is 460 g/mol. The van der Waals surface area contributed by atoms with Crippen LogP contribution in [0.25, 0.3) is 5.65 Å². The third-order valence-corrected chi connectivity index (χ3v) is 5.77. The molecule has 0 saturated heterocycles. The number of anilines is 4. The maximum atomic E-state index is 13.0. The highest BCUT2D eigenvalue weighted by molar-refractivity contribution is 6.03. The van der Waals surface area contributed by atoms with Crippen LogP contribution in [0.2, 0.25) is 0 Å². The minimum Gasteiger partial charge on any atom is -0.508 e. The zero-order valence-corrected chi connectivity index (χ0v) is 18.3. The van der Waals surface area contributed by atoms with Crippen LogP contribution in [0.4, 0.5) is 23.0 Å².